The summed E-state index contributed by atoms with van der Waals surface area (Å²) in [4.78, 5) is 8.99. The molecule has 23 heavy (non-hydrogen) atoms. The highest BCUT2D eigenvalue weighted by Crippen LogP contribution is 2.37. The van der Waals surface area contributed by atoms with Crippen molar-refractivity contribution in [3.63, 3.8) is 0 Å². The zero-order chi connectivity index (χ0) is 15.9. The van der Waals surface area contributed by atoms with Crippen LogP contribution in [0.25, 0.3) is 11.5 Å². The summed E-state index contributed by atoms with van der Waals surface area (Å²) in [5, 5.41) is 4.03. The van der Waals surface area contributed by atoms with Crippen molar-refractivity contribution in [2.45, 2.75) is 38.1 Å². The molecule has 0 radical (unpaired) electrons. The Bertz CT molecular complexity index is 818. The molecule has 2 N–H and O–H groups in total. The van der Waals surface area contributed by atoms with Gasteiger partial charge >= 0.3 is 0 Å². The topological polar surface area (TPSA) is 91.0 Å². The van der Waals surface area contributed by atoms with Gasteiger partial charge in [-0.3, -0.25) is 0 Å². The molecule has 0 aliphatic heterocycles. The summed E-state index contributed by atoms with van der Waals surface area (Å²) in [6.07, 6.45) is 3.38. The molecule has 1 fully saturated rings. The highest BCUT2D eigenvalue weighted by molar-refractivity contribution is 5.53. The smallest absolute Gasteiger partial charge is 0.232 e. The average molecular weight is 310 g/mol. The van der Waals surface area contributed by atoms with Crippen LogP contribution in [0.2, 0.25) is 0 Å². The molecule has 6 heteroatoms. The maximum atomic E-state index is 6.22. The van der Waals surface area contributed by atoms with E-state index in [2.05, 4.69) is 15.1 Å². The van der Waals surface area contributed by atoms with Crippen molar-refractivity contribution in [1.29, 1.82) is 0 Å². The van der Waals surface area contributed by atoms with Crippen LogP contribution < -0.4 is 5.73 Å². The number of benzene rings is 1. The molecule has 3 aromatic rings. The maximum Gasteiger partial charge on any atom is 0.232 e. The lowest BCUT2D eigenvalue weighted by Crippen LogP contribution is -2.44. The second-order valence-electron chi connectivity index (χ2n) is 6.09. The number of aromatic nitrogens is 3. The molecule has 0 saturated heterocycles. The van der Waals surface area contributed by atoms with E-state index < -0.39 is 5.54 Å². The molecule has 0 atom stereocenters. The molecule has 118 valence electrons. The molecule has 1 aromatic carbocycles. The van der Waals surface area contributed by atoms with Crippen LogP contribution >= 0.6 is 0 Å². The molecular formula is C17H18N4O2. The van der Waals surface area contributed by atoms with Gasteiger partial charge in [-0.15, -0.1) is 0 Å². The third-order valence-electron chi connectivity index (χ3n) is 4.39. The molecule has 4 rings (SSSR count). The Balaban J connectivity index is 1.56. The fraction of sp³-hybridized carbons (Fsp3) is 0.353. The molecule has 1 saturated carbocycles. The first-order chi connectivity index (χ1) is 11.1. The largest absolute Gasteiger partial charge is 0.441 e. The first-order valence-electron chi connectivity index (χ1n) is 7.78. The summed E-state index contributed by atoms with van der Waals surface area (Å²) in [6.45, 7) is 1.89. The van der Waals surface area contributed by atoms with Crippen LogP contribution in [0.4, 0.5) is 0 Å². The Labute approximate surface area is 133 Å². The lowest BCUT2D eigenvalue weighted by Gasteiger charge is -2.34. The summed E-state index contributed by atoms with van der Waals surface area (Å²) in [5.41, 5.74) is 7.57. The van der Waals surface area contributed by atoms with Crippen molar-refractivity contribution < 1.29 is 8.94 Å². The second kappa shape index (κ2) is 5.31. The molecule has 0 unspecified atom stereocenters. The molecule has 6 nitrogen and oxygen atoms in total. The predicted octanol–water partition coefficient (Wildman–Crippen LogP) is 2.96. The van der Waals surface area contributed by atoms with Gasteiger partial charge in [-0.25, -0.2) is 4.98 Å². The molecule has 1 aliphatic carbocycles. The van der Waals surface area contributed by atoms with Crippen LogP contribution in [0.15, 0.2) is 39.3 Å². The van der Waals surface area contributed by atoms with Crippen LogP contribution in [-0.2, 0) is 12.0 Å². The van der Waals surface area contributed by atoms with Crippen molar-refractivity contribution in [2.75, 3.05) is 0 Å². The highest BCUT2D eigenvalue weighted by Gasteiger charge is 2.39. The Hall–Kier alpha value is -2.47. The van der Waals surface area contributed by atoms with E-state index in [9.17, 15) is 0 Å². The molecule has 0 amide bonds. The van der Waals surface area contributed by atoms with Crippen LogP contribution in [-0.4, -0.2) is 15.1 Å². The maximum absolute atomic E-state index is 6.22. The molecule has 2 heterocycles. The van der Waals surface area contributed by atoms with Gasteiger partial charge in [0.25, 0.3) is 0 Å². The van der Waals surface area contributed by atoms with Crippen molar-refractivity contribution in [3.05, 3.63) is 53.5 Å². The van der Waals surface area contributed by atoms with E-state index in [1.165, 1.54) is 0 Å². The van der Waals surface area contributed by atoms with Crippen LogP contribution in [0, 0.1) is 6.92 Å². The predicted molar refractivity (Wildman–Crippen MR) is 83.5 cm³/mol. The van der Waals surface area contributed by atoms with Gasteiger partial charge in [0.2, 0.25) is 11.8 Å². The van der Waals surface area contributed by atoms with Gasteiger partial charge in [0.15, 0.2) is 5.82 Å². The van der Waals surface area contributed by atoms with Gasteiger partial charge in [0.1, 0.15) is 5.76 Å². The van der Waals surface area contributed by atoms with Crippen LogP contribution in [0.1, 0.15) is 42.4 Å². The molecular weight excluding hydrogens is 292 g/mol. The highest BCUT2D eigenvalue weighted by atomic mass is 16.5. The van der Waals surface area contributed by atoms with Gasteiger partial charge in [-0.2, -0.15) is 4.98 Å². The number of oxazole rings is 1. The average Bonchev–Trinajstić information content (AvgIpc) is 3.14. The van der Waals surface area contributed by atoms with Gasteiger partial charge in [-0.1, -0.05) is 23.4 Å². The van der Waals surface area contributed by atoms with E-state index in [1.54, 1.807) is 0 Å². The molecule has 0 bridgehead atoms. The second-order valence-corrected chi connectivity index (χ2v) is 6.09. The van der Waals surface area contributed by atoms with Crippen LogP contribution in [0.3, 0.4) is 0 Å². The zero-order valence-corrected chi connectivity index (χ0v) is 13.0. The summed E-state index contributed by atoms with van der Waals surface area (Å²) < 4.78 is 11.1. The molecule has 0 spiro atoms. The fourth-order valence-corrected chi connectivity index (χ4v) is 2.75. The van der Waals surface area contributed by atoms with E-state index in [0.717, 1.165) is 36.3 Å². The van der Waals surface area contributed by atoms with E-state index in [1.807, 2.05) is 37.3 Å². The Kier molecular flexibility index (Phi) is 3.27. The monoisotopic (exact) mass is 310 g/mol. The minimum absolute atomic E-state index is 0.407. The van der Waals surface area contributed by atoms with Crippen LogP contribution in [0.5, 0.6) is 0 Å². The standard InChI is InChI=1S/C17H18N4O2/c1-11-13(19-15(22-11)12-6-3-2-4-7-12)10-14-20-16(21-23-14)17(18)8-5-9-17/h2-4,6-7H,5,8-10,18H2,1H3. The third kappa shape index (κ3) is 2.55. The van der Waals surface area contributed by atoms with E-state index >= 15 is 0 Å². The summed E-state index contributed by atoms with van der Waals surface area (Å²) in [5.74, 6) is 2.48. The summed E-state index contributed by atoms with van der Waals surface area (Å²) in [6, 6.07) is 9.81. The minimum atomic E-state index is -0.407. The quantitative estimate of drug-likeness (QED) is 0.796. The number of nitrogens with zero attached hydrogens (tertiary/aromatic N) is 3. The number of aryl methyl sites for hydroxylation is 1. The van der Waals surface area contributed by atoms with Gasteiger partial charge in [0, 0.05) is 5.56 Å². The van der Waals surface area contributed by atoms with Crippen molar-refractivity contribution >= 4 is 0 Å². The van der Waals surface area contributed by atoms with Crippen molar-refractivity contribution in [1.82, 2.24) is 15.1 Å². The Morgan fingerprint density at radius 3 is 2.65 bits per heavy atom. The number of rotatable bonds is 4. The molecule has 2 aromatic heterocycles. The van der Waals surface area contributed by atoms with Gasteiger partial charge in [0.05, 0.1) is 17.7 Å². The minimum Gasteiger partial charge on any atom is -0.441 e. The fourth-order valence-electron chi connectivity index (χ4n) is 2.75. The van der Waals surface area contributed by atoms with Crippen molar-refractivity contribution in [3.8, 4) is 11.5 Å². The van der Waals surface area contributed by atoms with Gasteiger partial charge < -0.3 is 14.7 Å². The van der Waals surface area contributed by atoms with E-state index in [-0.39, 0.29) is 0 Å². The summed E-state index contributed by atoms with van der Waals surface area (Å²) >= 11 is 0. The first-order valence-corrected chi connectivity index (χ1v) is 7.78. The van der Waals surface area contributed by atoms with Crippen molar-refractivity contribution in [2.24, 2.45) is 5.73 Å². The lowest BCUT2D eigenvalue weighted by molar-refractivity contribution is 0.229. The number of hydrogen-bond acceptors (Lipinski definition) is 6. The Morgan fingerprint density at radius 2 is 1.96 bits per heavy atom. The SMILES string of the molecule is Cc1oc(-c2ccccc2)nc1Cc1nc(C2(N)CCC2)no1. The first kappa shape index (κ1) is 14.1. The lowest BCUT2D eigenvalue weighted by atomic mass is 9.77. The van der Waals surface area contributed by atoms with E-state index in [4.69, 9.17) is 14.7 Å². The number of hydrogen-bond donors (Lipinski definition) is 1. The Morgan fingerprint density at radius 1 is 1.17 bits per heavy atom. The summed E-state index contributed by atoms with van der Waals surface area (Å²) in [7, 11) is 0. The molecule has 1 aliphatic rings. The van der Waals surface area contributed by atoms with Gasteiger partial charge in [-0.05, 0) is 38.3 Å². The normalized spacial score (nSPS) is 16.3. The zero-order valence-electron chi connectivity index (χ0n) is 13.0. The van der Waals surface area contributed by atoms with E-state index in [0.29, 0.717) is 24.0 Å². The number of nitrogens with two attached hydrogens (primary N) is 1. The third-order valence-corrected chi connectivity index (χ3v) is 4.39.